The molecule has 1 rings (SSSR count). The van der Waals surface area contributed by atoms with E-state index in [1.807, 2.05) is 0 Å². The van der Waals surface area contributed by atoms with Crippen molar-refractivity contribution in [2.75, 3.05) is 32.7 Å². The first-order valence-electron chi connectivity index (χ1n) is 5.85. The van der Waals surface area contributed by atoms with Crippen molar-refractivity contribution in [2.45, 2.75) is 6.92 Å². The van der Waals surface area contributed by atoms with E-state index >= 15 is 0 Å². The van der Waals surface area contributed by atoms with Crippen molar-refractivity contribution in [3.63, 3.8) is 0 Å². The summed E-state index contributed by atoms with van der Waals surface area (Å²) in [6.45, 7) is 5.99. The molecule has 0 spiro atoms. The minimum Gasteiger partial charge on any atom is -0.545 e. The summed E-state index contributed by atoms with van der Waals surface area (Å²) < 4.78 is 0. The monoisotopic (exact) mass is 255 g/mol. The van der Waals surface area contributed by atoms with E-state index in [1.165, 1.54) is 4.90 Å². The van der Waals surface area contributed by atoms with E-state index in [0.29, 0.717) is 19.2 Å². The van der Waals surface area contributed by atoms with Crippen molar-refractivity contribution in [2.24, 2.45) is 0 Å². The van der Waals surface area contributed by atoms with E-state index in [2.05, 4.69) is 12.2 Å². The van der Waals surface area contributed by atoms with Gasteiger partial charge in [-0.3, -0.25) is 10.1 Å². The zero-order valence-electron chi connectivity index (χ0n) is 10.3. The van der Waals surface area contributed by atoms with Gasteiger partial charge in [-0.25, -0.2) is 4.79 Å². The molecule has 1 saturated heterocycles. The zero-order valence-corrected chi connectivity index (χ0v) is 10.3. The lowest BCUT2D eigenvalue weighted by atomic mass is 10.3. The molecular formula is C11H17N3O4. The summed E-state index contributed by atoms with van der Waals surface area (Å²) >= 11 is 0. The number of nitrogens with zero attached hydrogens (tertiary/aromatic N) is 1. The van der Waals surface area contributed by atoms with E-state index < -0.39 is 17.9 Å². The topological polar surface area (TPSA) is 94.0 Å². The zero-order chi connectivity index (χ0) is 13.5. The van der Waals surface area contributed by atoms with Gasteiger partial charge in [0, 0.05) is 6.08 Å². The number of carbonyl (C=O) groups excluding carboxylic acids is 3. The van der Waals surface area contributed by atoms with Crippen LogP contribution in [0.4, 0.5) is 4.79 Å². The van der Waals surface area contributed by atoms with Crippen LogP contribution in [0, 0.1) is 0 Å². The lowest BCUT2D eigenvalue weighted by Crippen LogP contribution is -3.14. The standard InChI is InChI=1S/C11H17N3O4/c1-2-13-5-7-14(8-6-13)11(18)12-9(15)3-4-10(16)17/h3-4H,2,5-8H2,1H3,(H,16,17)(H,12,15,18)/b4-3+. The summed E-state index contributed by atoms with van der Waals surface area (Å²) in [7, 11) is 0. The van der Waals surface area contributed by atoms with Gasteiger partial charge in [-0.1, -0.05) is 0 Å². The van der Waals surface area contributed by atoms with Gasteiger partial charge in [-0.15, -0.1) is 0 Å². The number of urea groups is 1. The number of aliphatic carboxylic acids is 1. The molecule has 0 aromatic carbocycles. The van der Waals surface area contributed by atoms with Gasteiger partial charge in [-0.2, -0.15) is 0 Å². The molecule has 7 nitrogen and oxygen atoms in total. The summed E-state index contributed by atoms with van der Waals surface area (Å²) in [5, 5.41) is 12.2. The normalized spacial score (nSPS) is 16.8. The molecule has 0 aromatic rings. The first-order valence-corrected chi connectivity index (χ1v) is 5.85. The number of quaternary nitrogens is 1. The maximum atomic E-state index is 11.6. The van der Waals surface area contributed by atoms with E-state index in [4.69, 9.17) is 0 Å². The van der Waals surface area contributed by atoms with Crippen LogP contribution in [0.1, 0.15) is 6.92 Å². The quantitative estimate of drug-likeness (QED) is 0.518. The fraction of sp³-hybridized carbons (Fsp3) is 0.545. The van der Waals surface area contributed by atoms with Crippen LogP contribution >= 0.6 is 0 Å². The van der Waals surface area contributed by atoms with E-state index in [-0.39, 0.29) is 0 Å². The van der Waals surface area contributed by atoms with Crippen molar-refractivity contribution < 1.29 is 24.4 Å². The van der Waals surface area contributed by atoms with Crippen LogP contribution in [-0.4, -0.2) is 55.5 Å². The number of likely N-dealkylation sites (N-methyl/N-ethyl adjacent to an activating group) is 1. The SMILES string of the molecule is CC[NH+]1CCN(C(=O)NC(=O)/C=C/C(=O)[O-])CC1. The molecule has 18 heavy (non-hydrogen) atoms. The van der Waals surface area contributed by atoms with Gasteiger partial charge in [0.15, 0.2) is 0 Å². The minimum atomic E-state index is -1.47. The number of carboxylic acid groups (broad SMARTS) is 1. The van der Waals surface area contributed by atoms with Gasteiger partial charge in [0.2, 0.25) is 0 Å². The summed E-state index contributed by atoms with van der Waals surface area (Å²) in [6, 6.07) is -0.488. The van der Waals surface area contributed by atoms with Gasteiger partial charge >= 0.3 is 6.03 Å². The minimum absolute atomic E-state index is 0.488. The number of nitrogens with one attached hydrogen (secondary N) is 2. The van der Waals surface area contributed by atoms with Crippen molar-refractivity contribution in [1.29, 1.82) is 0 Å². The van der Waals surface area contributed by atoms with Gasteiger partial charge < -0.3 is 19.7 Å². The third-order valence-corrected chi connectivity index (χ3v) is 2.86. The lowest BCUT2D eigenvalue weighted by Gasteiger charge is -2.31. The van der Waals surface area contributed by atoms with Gasteiger partial charge in [0.05, 0.1) is 38.7 Å². The van der Waals surface area contributed by atoms with Gasteiger partial charge in [-0.05, 0) is 13.0 Å². The molecule has 0 atom stereocenters. The second-order valence-corrected chi connectivity index (χ2v) is 4.04. The third-order valence-electron chi connectivity index (χ3n) is 2.86. The average Bonchev–Trinajstić information content (AvgIpc) is 2.36. The lowest BCUT2D eigenvalue weighted by molar-refractivity contribution is -0.902. The molecule has 1 heterocycles. The Balaban J connectivity index is 2.37. The number of amides is 3. The Morgan fingerprint density at radius 3 is 2.39 bits per heavy atom. The fourth-order valence-corrected chi connectivity index (χ4v) is 1.75. The molecule has 0 radical (unpaired) electrons. The summed E-state index contributed by atoms with van der Waals surface area (Å²) in [5.41, 5.74) is 0. The number of imide groups is 1. The van der Waals surface area contributed by atoms with Gasteiger partial charge in [0.25, 0.3) is 5.91 Å². The van der Waals surface area contributed by atoms with Crippen molar-refractivity contribution in [3.8, 4) is 0 Å². The molecule has 100 valence electrons. The highest BCUT2D eigenvalue weighted by Gasteiger charge is 2.23. The predicted molar refractivity (Wildman–Crippen MR) is 60.5 cm³/mol. The van der Waals surface area contributed by atoms with Crippen LogP contribution in [0.2, 0.25) is 0 Å². The van der Waals surface area contributed by atoms with Crippen molar-refractivity contribution in [1.82, 2.24) is 10.2 Å². The molecule has 1 aliphatic heterocycles. The Kier molecular flexibility index (Phi) is 5.31. The largest absolute Gasteiger partial charge is 0.545 e. The molecule has 3 amide bonds. The highest BCUT2D eigenvalue weighted by molar-refractivity contribution is 6.02. The predicted octanol–water partition coefficient (Wildman–Crippen LogP) is -3.25. The molecule has 0 aromatic heterocycles. The van der Waals surface area contributed by atoms with Crippen LogP contribution in [0.15, 0.2) is 12.2 Å². The van der Waals surface area contributed by atoms with Crippen LogP contribution in [0.3, 0.4) is 0 Å². The third kappa shape index (κ3) is 4.54. The van der Waals surface area contributed by atoms with Crippen molar-refractivity contribution in [3.05, 3.63) is 12.2 Å². The Hall–Kier alpha value is -1.89. The maximum Gasteiger partial charge on any atom is 0.324 e. The first-order chi connectivity index (χ1) is 8.52. The maximum absolute atomic E-state index is 11.6. The highest BCUT2D eigenvalue weighted by atomic mass is 16.4. The molecule has 2 N–H and O–H groups in total. The number of carbonyl (C=O) groups is 3. The van der Waals surface area contributed by atoms with Crippen LogP contribution < -0.4 is 15.3 Å². The Labute approximate surface area is 105 Å². The first kappa shape index (κ1) is 14.2. The molecule has 0 bridgehead atoms. The molecule has 0 saturated carbocycles. The molecule has 1 aliphatic rings. The molecular weight excluding hydrogens is 238 g/mol. The van der Waals surface area contributed by atoms with Crippen LogP contribution in [-0.2, 0) is 9.59 Å². The summed E-state index contributed by atoms with van der Waals surface area (Å²) in [4.78, 5) is 35.9. The summed E-state index contributed by atoms with van der Waals surface area (Å²) in [6.07, 6.45) is 1.35. The molecule has 1 fully saturated rings. The molecule has 7 heteroatoms. The van der Waals surface area contributed by atoms with E-state index in [1.54, 1.807) is 4.90 Å². The van der Waals surface area contributed by atoms with Crippen LogP contribution in [0.25, 0.3) is 0 Å². The van der Waals surface area contributed by atoms with Crippen LogP contribution in [0.5, 0.6) is 0 Å². The second-order valence-electron chi connectivity index (χ2n) is 4.04. The number of hydrogen-bond acceptors (Lipinski definition) is 4. The van der Waals surface area contributed by atoms with Crippen molar-refractivity contribution >= 4 is 17.9 Å². The second kappa shape index (κ2) is 6.75. The Morgan fingerprint density at radius 1 is 1.28 bits per heavy atom. The van der Waals surface area contributed by atoms with Gasteiger partial charge in [0.1, 0.15) is 0 Å². The Bertz CT molecular complexity index is 359. The Morgan fingerprint density at radius 2 is 1.89 bits per heavy atom. The summed E-state index contributed by atoms with van der Waals surface area (Å²) in [5.74, 6) is -2.23. The average molecular weight is 255 g/mol. The van der Waals surface area contributed by atoms with E-state index in [9.17, 15) is 19.5 Å². The molecule has 0 aliphatic carbocycles. The number of piperazine rings is 1. The fourth-order valence-electron chi connectivity index (χ4n) is 1.75. The number of hydrogen-bond donors (Lipinski definition) is 2. The molecule has 0 unspecified atom stereocenters. The number of carboxylic acids is 1. The highest BCUT2D eigenvalue weighted by Crippen LogP contribution is 1.90. The smallest absolute Gasteiger partial charge is 0.324 e. The number of rotatable bonds is 3. The van der Waals surface area contributed by atoms with E-state index in [0.717, 1.165) is 25.7 Å².